The summed E-state index contributed by atoms with van der Waals surface area (Å²) in [5.74, 6) is -2.59. The predicted molar refractivity (Wildman–Crippen MR) is 82.2 cm³/mol. The number of rotatable bonds is 4. The highest BCUT2D eigenvalue weighted by atomic mass is 19.4. The van der Waals surface area contributed by atoms with Gasteiger partial charge >= 0.3 is 12.1 Å². The van der Waals surface area contributed by atoms with E-state index < -0.39 is 23.8 Å². The second-order valence-corrected chi connectivity index (χ2v) is 5.08. The Balaban J connectivity index is 1.66. The number of anilines is 1. The van der Waals surface area contributed by atoms with E-state index in [1.54, 1.807) is 0 Å². The van der Waals surface area contributed by atoms with E-state index in [1.807, 2.05) is 0 Å². The van der Waals surface area contributed by atoms with Crippen LogP contribution < -0.4 is 10.9 Å². The standard InChI is InChI=1S/C16H10F4N4O2/c17-11-5-7-12(8-6-11)22-23-14(25)10-3-1-9(2-4-10)13-21-15(26-24-13)16(18,19)20/h1-8,22H,(H,23,25). The maximum Gasteiger partial charge on any atom is 0.471 e. The summed E-state index contributed by atoms with van der Waals surface area (Å²) in [4.78, 5) is 15.3. The number of hydrogen-bond acceptors (Lipinski definition) is 5. The van der Waals surface area contributed by atoms with E-state index in [1.165, 1.54) is 48.5 Å². The van der Waals surface area contributed by atoms with Crippen LogP contribution in [0.5, 0.6) is 0 Å². The van der Waals surface area contributed by atoms with Gasteiger partial charge in [0.15, 0.2) is 0 Å². The molecule has 2 aromatic carbocycles. The number of carbonyl (C=O) groups is 1. The molecule has 26 heavy (non-hydrogen) atoms. The van der Waals surface area contributed by atoms with Gasteiger partial charge < -0.3 is 4.52 Å². The molecule has 0 spiro atoms. The van der Waals surface area contributed by atoms with Crippen LogP contribution >= 0.6 is 0 Å². The lowest BCUT2D eigenvalue weighted by molar-refractivity contribution is -0.159. The number of aromatic nitrogens is 2. The van der Waals surface area contributed by atoms with Crippen molar-refractivity contribution in [3.05, 3.63) is 65.8 Å². The fraction of sp³-hybridized carbons (Fsp3) is 0.0625. The molecule has 1 amide bonds. The fourth-order valence-electron chi connectivity index (χ4n) is 1.96. The second kappa shape index (κ2) is 6.82. The average molecular weight is 366 g/mol. The van der Waals surface area contributed by atoms with Crippen LogP contribution in [0, 0.1) is 5.82 Å². The highest BCUT2D eigenvalue weighted by molar-refractivity contribution is 5.95. The molecule has 3 rings (SSSR count). The number of nitrogens with one attached hydrogen (secondary N) is 2. The first-order valence-electron chi connectivity index (χ1n) is 7.16. The third-order valence-electron chi connectivity index (χ3n) is 3.24. The first kappa shape index (κ1) is 17.4. The Bertz CT molecular complexity index is 905. The van der Waals surface area contributed by atoms with Gasteiger partial charge in [0.05, 0.1) is 5.69 Å². The van der Waals surface area contributed by atoms with Gasteiger partial charge in [0.1, 0.15) is 5.82 Å². The molecule has 0 aliphatic rings. The van der Waals surface area contributed by atoms with Crippen LogP contribution in [0.3, 0.4) is 0 Å². The van der Waals surface area contributed by atoms with Gasteiger partial charge in [-0.05, 0) is 36.4 Å². The molecule has 0 aliphatic carbocycles. The van der Waals surface area contributed by atoms with Gasteiger partial charge in [-0.25, -0.2) is 4.39 Å². The molecule has 0 saturated heterocycles. The Morgan fingerprint density at radius 2 is 1.65 bits per heavy atom. The highest BCUT2D eigenvalue weighted by Gasteiger charge is 2.38. The minimum atomic E-state index is -4.73. The van der Waals surface area contributed by atoms with Gasteiger partial charge in [-0.1, -0.05) is 17.3 Å². The van der Waals surface area contributed by atoms with E-state index in [0.29, 0.717) is 5.69 Å². The molecule has 0 unspecified atom stereocenters. The maximum absolute atomic E-state index is 12.8. The van der Waals surface area contributed by atoms with E-state index in [2.05, 4.69) is 25.5 Å². The van der Waals surface area contributed by atoms with Crippen molar-refractivity contribution >= 4 is 11.6 Å². The molecule has 0 fully saturated rings. The molecular formula is C16H10F4N4O2. The van der Waals surface area contributed by atoms with Crippen molar-refractivity contribution in [3.63, 3.8) is 0 Å². The Morgan fingerprint density at radius 3 is 2.23 bits per heavy atom. The van der Waals surface area contributed by atoms with Gasteiger partial charge in [0, 0.05) is 11.1 Å². The molecule has 2 N–H and O–H groups in total. The zero-order valence-electron chi connectivity index (χ0n) is 12.8. The third-order valence-corrected chi connectivity index (χ3v) is 3.24. The highest BCUT2D eigenvalue weighted by Crippen LogP contribution is 2.29. The van der Waals surface area contributed by atoms with Crippen LogP contribution in [-0.4, -0.2) is 16.0 Å². The number of amides is 1. The van der Waals surface area contributed by atoms with Gasteiger partial charge in [-0.3, -0.25) is 15.6 Å². The van der Waals surface area contributed by atoms with E-state index >= 15 is 0 Å². The Labute approximate surface area is 143 Å². The van der Waals surface area contributed by atoms with Crippen LogP contribution in [0.1, 0.15) is 16.2 Å². The quantitative estimate of drug-likeness (QED) is 0.544. The number of halogens is 4. The van der Waals surface area contributed by atoms with Crippen LogP contribution in [0.2, 0.25) is 0 Å². The lowest BCUT2D eigenvalue weighted by Gasteiger charge is -2.08. The third kappa shape index (κ3) is 3.97. The summed E-state index contributed by atoms with van der Waals surface area (Å²) in [5.41, 5.74) is 5.98. The summed E-state index contributed by atoms with van der Waals surface area (Å²) in [6.07, 6.45) is -4.73. The summed E-state index contributed by atoms with van der Waals surface area (Å²) in [6.45, 7) is 0. The van der Waals surface area contributed by atoms with Crippen molar-refractivity contribution in [1.29, 1.82) is 0 Å². The molecule has 10 heteroatoms. The molecule has 1 heterocycles. The van der Waals surface area contributed by atoms with Crippen molar-refractivity contribution in [2.45, 2.75) is 6.18 Å². The normalized spacial score (nSPS) is 11.2. The van der Waals surface area contributed by atoms with Crippen LogP contribution in [0.25, 0.3) is 11.4 Å². The number of hydrazine groups is 1. The molecule has 6 nitrogen and oxygen atoms in total. The molecule has 1 aromatic heterocycles. The minimum absolute atomic E-state index is 0.239. The Kier molecular flexibility index (Phi) is 4.57. The van der Waals surface area contributed by atoms with Crippen molar-refractivity contribution in [2.24, 2.45) is 0 Å². The van der Waals surface area contributed by atoms with Crippen molar-refractivity contribution in [2.75, 3.05) is 5.43 Å². The first-order chi connectivity index (χ1) is 12.3. The predicted octanol–water partition coefficient (Wildman–Crippen LogP) is 3.65. The van der Waals surface area contributed by atoms with Crippen molar-refractivity contribution < 1.29 is 26.9 Å². The number of carbonyl (C=O) groups excluding carboxylic acids is 1. The summed E-state index contributed by atoms with van der Waals surface area (Å²) >= 11 is 0. The van der Waals surface area contributed by atoms with Crippen molar-refractivity contribution in [1.82, 2.24) is 15.6 Å². The molecule has 0 radical (unpaired) electrons. The molecule has 134 valence electrons. The van der Waals surface area contributed by atoms with E-state index in [0.717, 1.165) is 0 Å². The zero-order chi connectivity index (χ0) is 18.7. The van der Waals surface area contributed by atoms with Gasteiger partial charge in [-0.2, -0.15) is 18.2 Å². The molecular weight excluding hydrogens is 356 g/mol. The minimum Gasteiger partial charge on any atom is -0.329 e. The van der Waals surface area contributed by atoms with Gasteiger partial charge in [0.2, 0.25) is 5.82 Å². The topological polar surface area (TPSA) is 80.0 Å². The molecule has 0 aliphatic heterocycles. The molecule has 3 aromatic rings. The zero-order valence-corrected chi connectivity index (χ0v) is 12.8. The Hall–Kier alpha value is -3.43. The number of alkyl halides is 3. The van der Waals surface area contributed by atoms with Crippen LogP contribution in [-0.2, 0) is 6.18 Å². The number of hydrogen-bond donors (Lipinski definition) is 2. The monoisotopic (exact) mass is 366 g/mol. The maximum atomic E-state index is 12.8. The van der Waals surface area contributed by atoms with Crippen LogP contribution in [0.4, 0.5) is 23.2 Å². The van der Waals surface area contributed by atoms with Crippen LogP contribution in [0.15, 0.2) is 53.1 Å². The smallest absolute Gasteiger partial charge is 0.329 e. The fourth-order valence-corrected chi connectivity index (χ4v) is 1.96. The van der Waals surface area contributed by atoms with E-state index in [-0.39, 0.29) is 17.0 Å². The molecule has 0 bridgehead atoms. The SMILES string of the molecule is O=C(NNc1ccc(F)cc1)c1ccc(-c2noc(C(F)(F)F)n2)cc1. The molecule has 0 atom stereocenters. The summed E-state index contributed by atoms with van der Waals surface area (Å²) in [6, 6.07) is 10.9. The van der Waals surface area contributed by atoms with Gasteiger partial charge in [-0.15, -0.1) is 0 Å². The lowest BCUT2D eigenvalue weighted by Crippen LogP contribution is -2.29. The average Bonchev–Trinajstić information content (AvgIpc) is 3.12. The summed E-state index contributed by atoms with van der Waals surface area (Å²) in [5, 5.41) is 3.26. The van der Waals surface area contributed by atoms with Crippen molar-refractivity contribution in [3.8, 4) is 11.4 Å². The molecule has 0 saturated carbocycles. The second-order valence-electron chi connectivity index (χ2n) is 5.08. The lowest BCUT2D eigenvalue weighted by atomic mass is 10.1. The largest absolute Gasteiger partial charge is 0.471 e. The van der Waals surface area contributed by atoms with E-state index in [4.69, 9.17) is 0 Å². The summed E-state index contributed by atoms with van der Waals surface area (Å²) in [7, 11) is 0. The number of nitrogens with zero attached hydrogens (tertiary/aromatic N) is 2. The van der Waals surface area contributed by atoms with Gasteiger partial charge in [0.25, 0.3) is 5.91 Å². The Morgan fingerprint density at radius 1 is 1.00 bits per heavy atom. The first-order valence-corrected chi connectivity index (χ1v) is 7.16. The summed E-state index contributed by atoms with van der Waals surface area (Å²) < 4.78 is 54.3. The number of benzene rings is 2. The van der Waals surface area contributed by atoms with E-state index in [9.17, 15) is 22.4 Å².